The number of aromatic nitrogens is 1. The second-order valence-corrected chi connectivity index (χ2v) is 6.90. The zero-order chi connectivity index (χ0) is 16.4. The highest BCUT2D eigenvalue weighted by Gasteiger charge is 2.27. The molecule has 6 nitrogen and oxygen atoms in total. The van der Waals surface area contributed by atoms with Gasteiger partial charge in [0.05, 0.1) is 16.8 Å². The van der Waals surface area contributed by atoms with E-state index in [1.54, 1.807) is 6.07 Å². The summed E-state index contributed by atoms with van der Waals surface area (Å²) in [5, 5.41) is 10.2. The van der Waals surface area contributed by atoms with Crippen molar-refractivity contribution in [1.29, 1.82) is 0 Å². The lowest BCUT2D eigenvalue weighted by Gasteiger charge is -2.05. The number of aliphatic imine (C=N–C) groups is 1. The summed E-state index contributed by atoms with van der Waals surface area (Å²) >= 11 is 2.69. The van der Waals surface area contributed by atoms with Gasteiger partial charge in [-0.1, -0.05) is 0 Å². The number of nitrogens with zero attached hydrogens (tertiary/aromatic N) is 2. The van der Waals surface area contributed by atoms with Crippen LogP contribution < -0.4 is 10.5 Å². The van der Waals surface area contributed by atoms with Gasteiger partial charge in [0, 0.05) is 17.9 Å². The molecule has 1 aliphatic rings. The summed E-state index contributed by atoms with van der Waals surface area (Å²) in [5.74, 6) is -0.862. The van der Waals surface area contributed by atoms with E-state index >= 15 is 0 Å². The van der Waals surface area contributed by atoms with Crippen molar-refractivity contribution in [3.8, 4) is 5.75 Å². The topological polar surface area (TPSA) is 97.8 Å². The standard InChI is InChI=1S/C14H14FN3O3S2/c15-7-4-8-11(5-10(7)21-3-1-2-16)23-13(17-8)12-18-9(6-22-12)14(19)20/h4-5,9H,1-3,6,16H2,(H,19,20). The van der Waals surface area contributed by atoms with E-state index in [0.29, 0.717) is 40.9 Å². The molecule has 1 atom stereocenters. The number of hydrogen-bond donors (Lipinski definition) is 2. The predicted molar refractivity (Wildman–Crippen MR) is 89.2 cm³/mol. The minimum absolute atomic E-state index is 0.172. The first-order valence-electron chi connectivity index (χ1n) is 6.95. The highest BCUT2D eigenvalue weighted by atomic mass is 32.2. The molecule has 2 heterocycles. The molecule has 0 amide bonds. The summed E-state index contributed by atoms with van der Waals surface area (Å²) < 4.78 is 20.1. The minimum atomic E-state index is -0.949. The van der Waals surface area contributed by atoms with Crippen LogP contribution in [0.5, 0.6) is 5.75 Å². The first kappa shape index (κ1) is 16.2. The Morgan fingerprint density at radius 1 is 1.52 bits per heavy atom. The normalized spacial score (nSPS) is 17.5. The molecular formula is C14H14FN3O3S2. The summed E-state index contributed by atoms with van der Waals surface area (Å²) in [7, 11) is 0. The van der Waals surface area contributed by atoms with Gasteiger partial charge in [-0.3, -0.25) is 4.99 Å². The maximum absolute atomic E-state index is 14.0. The molecule has 0 radical (unpaired) electrons. The van der Waals surface area contributed by atoms with Crippen molar-refractivity contribution in [3.63, 3.8) is 0 Å². The third-order valence-corrected chi connectivity index (χ3v) is 5.38. The fraction of sp³-hybridized carbons (Fsp3) is 0.357. The molecule has 1 aromatic carbocycles. The molecule has 1 unspecified atom stereocenters. The fourth-order valence-corrected chi connectivity index (χ4v) is 4.09. The van der Waals surface area contributed by atoms with Gasteiger partial charge in [-0.25, -0.2) is 14.2 Å². The van der Waals surface area contributed by atoms with E-state index in [2.05, 4.69) is 9.98 Å². The van der Waals surface area contributed by atoms with Crippen molar-refractivity contribution in [1.82, 2.24) is 4.98 Å². The molecule has 23 heavy (non-hydrogen) atoms. The van der Waals surface area contributed by atoms with Crippen LogP contribution in [0.3, 0.4) is 0 Å². The number of carboxylic acids is 1. The van der Waals surface area contributed by atoms with Crippen LogP contribution in [0.15, 0.2) is 17.1 Å². The Morgan fingerprint density at radius 3 is 3.04 bits per heavy atom. The van der Waals surface area contributed by atoms with Crippen LogP contribution in [0.25, 0.3) is 10.2 Å². The Labute approximate surface area is 139 Å². The number of thiazole rings is 1. The molecule has 0 saturated carbocycles. The van der Waals surface area contributed by atoms with Crippen LogP contribution in [0.1, 0.15) is 11.4 Å². The molecule has 0 fully saturated rings. The highest BCUT2D eigenvalue weighted by molar-refractivity contribution is 8.15. The smallest absolute Gasteiger partial charge is 0.329 e. The average molecular weight is 355 g/mol. The van der Waals surface area contributed by atoms with Gasteiger partial charge >= 0.3 is 5.97 Å². The molecule has 0 aliphatic carbocycles. The quantitative estimate of drug-likeness (QED) is 0.770. The van der Waals surface area contributed by atoms with E-state index in [1.165, 1.54) is 29.2 Å². The van der Waals surface area contributed by atoms with Crippen molar-refractivity contribution in [2.24, 2.45) is 10.7 Å². The number of ether oxygens (including phenoxy) is 1. The monoisotopic (exact) mass is 355 g/mol. The van der Waals surface area contributed by atoms with Crippen molar-refractivity contribution in [2.45, 2.75) is 12.5 Å². The molecular weight excluding hydrogens is 341 g/mol. The number of carboxylic acid groups (broad SMARTS) is 1. The molecule has 1 aliphatic heterocycles. The lowest BCUT2D eigenvalue weighted by molar-refractivity contribution is -0.137. The Bertz CT molecular complexity index is 778. The van der Waals surface area contributed by atoms with E-state index in [9.17, 15) is 9.18 Å². The number of fused-ring (bicyclic) bond motifs is 1. The van der Waals surface area contributed by atoms with E-state index in [0.717, 1.165) is 4.70 Å². The number of carbonyl (C=O) groups is 1. The zero-order valence-electron chi connectivity index (χ0n) is 12.0. The second-order valence-electron chi connectivity index (χ2n) is 4.86. The summed E-state index contributed by atoms with van der Waals surface area (Å²) in [5.41, 5.74) is 5.90. The summed E-state index contributed by atoms with van der Waals surface area (Å²) in [6.45, 7) is 0.837. The number of halogens is 1. The van der Waals surface area contributed by atoms with E-state index in [-0.39, 0.29) is 5.75 Å². The molecule has 3 N–H and O–H groups in total. The van der Waals surface area contributed by atoms with Crippen LogP contribution >= 0.6 is 23.1 Å². The molecule has 0 saturated heterocycles. The Hall–Kier alpha value is -1.71. The second kappa shape index (κ2) is 6.81. The van der Waals surface area contributed by atoms with E-state index in [4.69, 9.17) is 15.6 Å². The number of aliphatic carboxylic acids is 1. The van der Waals surface area contributed by atoms with Gasteiger partial charge in [0.15, 0.2) is 17.6 Å². The fourth-order valence-electron chi connectivity index (χ4n) is 2.01. The van der Waals surface area contributed by atoms with Gasteiger partial charge in [-0.15, -0.1) is 23.1 Å². The van der Waals surface area contributed by atoms with Gasteiger partial charge in [0.25, 0.3) is 0 Å². The van der Waals surface area contributed by atoms with Crippen LogP contribution in [-0.4, -0.2) is 46.0 Å². The lowest BCUT2D eigenvalue weighted by atomic mass is 10.3. The van der Waals surface area contributed by atoms with E-state index in [1.807, 2.05) is 0 Å². The van der Waals surface area contributed by atoms with Gasteiger partial charge in [-0.05, 0) is 13.0 Å². The van der Waals surface area contributed by atoms with Crippen molar-refractivity contribution in [2.75, 3.05) is 18.9 Å². The number of hydrogen-bond acceptors (Lipinski definition) is 7. The van der Waals surface area contributed by atoms with Crippen LogP contribution in [0.2, 0.25) is 0 Å². The maximum atomic E-state index is 14.0. The molecule has 1 aromatic heterocycles. The largest absolute Gasteiger partial charge is 0.490 e. The van der Waals surface area contributed by atoms with Gasteiger partial charge in [0.1, 0.15) is 10.1 Å². The Kier molecular flexibility index (Phi) is 4.79. The number of rotatable bonds is 6. The van der Waals surface area contributed by atoms with Crippen molar-refractivity contribution >= 4 is 44.3 Å². The van der Waals surface area contributed by atoms with Crippen LogP contribution in [-0.2, 0) is 4.79 Å². The van der Waals surface area contributed by atoms with Crippen LogP contribution in [0, 0.1) is 5.82 Å². The number of nitrogens with two attached hydrogens (primary N) is 1. The Balaban J connectivity index is 1.87. The summed E-state index contributed by atoms with van der Waals surface area (Å²) in [4.78, 5) is 19.4. The first-order chi connectivity index (χ1) is 11.1. The van der Waals surface area contributed by atoms with Gasteiger partial charge < -0.3 is 15.6 Å². The molecule has 3 rings (SSSR count). The third-order valence-electron chi connectivity index (χ3n) is 3.17. The van der Waals surface area contributed by atoms with E-state index < -0.39 is 17.8 Å². The average Bonchev–Trinajstić information content (AvgIpc) is 3.13. The SMILES string of the molecule is NCCCOc1cc2sc(C3=NC(C(=O)O)CS3)nc2cc1F. The maximum Gasteiger partial charge on any atom is 0.329 e. The molecule has 0 spiro atoms. The van der Waals surface area contributed by atoms with Crippen LogP contribution in [0.4, 0.5) is 4.39 Å². The first-order valence-corrected chi connectivity index (χ1v) is 8.75. The number of thioether (sulfide) groups is 1. The van der Waals surface area contributed by atoms with Crippen molar-refractivity contribution < 1.29 is 19.0 Å². The third kappa shape index (κ3) is 3.46. The predicted octanol–water partition coefficient (Wildman–Crippen LogP) is 2.11. The molecule has 122 valence electrons. The highest BCUT2D eigenvalue weighted by Crippen LogP contribution is 2.33. The van der Waals surface area contributed by atoms with Crippen molar-refractivity contribution in [3.05, 3.63) is 23.0 Å². The minimum Gasteiger partial charge on any atom is -0.490 e. The summed E-state index contributed by atoms with van der Waals surface area (Å²) in [6, 6.07) is 2.19. The Morgan fingerprint density at radius 2 is 2.35 bits per heavy atom. The summed E-state index contributed by atoms with van der Waals surface area (Å²) in [6.07, 6.45) is 0.648. The zero-order valence-corrected chi connectivity index (χ0v) is 13.6. The molecule has 0 bridgehead atoms. The number of benzene rings is 1. The van der Waals surface area contributed by atoms with Gasteiger partial charge in [0.2, 0.25) is 0 Å². The lowest BCUT2D eigenvalue weighted by Crippen LogP contribution is -2.17. The van der Waals surface area contributed by atoms with Gasteiger partial charge in [-0.2, -0.15) is 0 Å². The molecule has 2 aromatic rings. The molecule has 9 heteroatoms.